The maximum absolute atomic E-state index is 2.49. The molecule has 2 aliphatic carbocycles. The summed E-state index contributed by atoms with van der Waals surface area (Å²) in [6, 6.07) is 0. The van der Waals surface area contributed by atoms with Crippen molar-refractivity contribution in [1.82, 2.24) is 0 Å². The Morgan fingerprint density at radius 1 is 1.30 bits per heavy atom. The van der Waals surface area contributed by atoms with Gasteiger partial charge in [-0.1, -0.05) is 27.2 Å². The van der Waals surface area contributed by atoms with E-state index in [0.717, 1.165) is 16.7 Å². The van der Waals surface area contributed by atoms with Crippen LogP contribution < -0.4 is 0 Å². The van der Waals surface area contributed by atoms with Gasteiger partial charge in [-0.3, -0.25) is 0 Å². The number of hydrogen-bond donors (Lipinski definition) is 0. The highest BCUT2D eigenvalue weighted by Gasteiger charge is 2.64. The van der Waals surface area contributed by atoms with Gasteiger partial charge in [0.25, 0.3) is 0 Å². The maximum Gasteiger partial charge on any atom is -0.0243 e. The fraction of sp³-hybridized carbons (Fsp3) is 1.00. The van der Waals surface area contributed by atoms with Gasteiger partial charge in [0.2, 0.25) is 0 Å². The SMILES string of the molecule is CCC1CC2(C)CCC12C. The maximum atomic E-state index is 2.49. The molecule has 0 N–H and O–H groups in total. The molecule has 10 heavy (non-hydrogen) atoms. The molecule has 2 fully saturated rings. The minimum Gasteiger partial charge on any atom is -0.0651 e. The molecule has 2 saturated carbocycles. The van der Waals surface area contributed by atoms with E-state index in [1.807, 2.05) is 0 Å². The Bertz CT molecular complexity index is 161. The van der Waals surface area contributed by atoms with Gasteiger partial charge in [0.1, 0.15) is 0 Å². The zero-order chi connectivity index (χ0) is 7.41. The van der Waals surface area contributed by atoms with Crippen LogP contribution in [0.1, 0.15) is 46.5 Å². The predicted octanol–water partition coefficient (Wildman–Crippen LogP) is 3.22. The van der Waals surface area contributed by atoms with Crippen LogP contribution in [-0.2, 0) is 0 Å². The molecule has 0 bridgehead atoms. The molecular formula is C10H18. The first kappa shape index (κ1) is 6.69. The summed E-state index contributed by atoms with van der Waals surface area (Å²) in [5.74, 6) is 1.06. The van der Waals surface area contributed by atoms with Crippen molar-refractivity contribution in [2.45, 2.75) is 46.5 Å². The molecule has 0 aliphatic heterocycles. The van der Waals surface area contributed by atoms with Gasteiger partial charge in [0.05, 0.1) is 0 Å². The van der Waals surface area contributed by atoms with Crippen LogP contribution in [0.25, 0.3) is 0 Å². The average Bonchev–Trinajstić information content (AvgIpc) is 1.96. The second kappa shape index (κ2) is 1.60. The normalized spacial score (nSPS) is 58.5. The quantitative estimate of drug-likeness (QED) is 0.522. The molecule has 0 radical (unpaired) electrons. The van der Waals surface area contributed by atoms with Crippen molar-refractivity contribution >= 4 is 0 Å². The van der Waals surface area contributed by atoms with Crippen LogP contribution in [0.5, 0.6) is 0 Å². The topological polar surface area (TPSA) is 0 Å². The lowest BCUT2D eigenvalue weighted by molar-refractivity contribution is -0.209. The van der Waals surface area contributed by atoms with Gasteiger partial charge >= 0.3 is 0 Å². The highest BCUT2D eigenvalue weighted by atomic mass is 14.7. The first-order valence-electron chi connectivity index (χ1n) is 4.62. The Morgan fingerprint density at radius 3 is 2.10 bits per heavy atom. The minimum atomic E-state index is 0.766. The Morgan fingerprint density at radius 2 is 2.00 bits per heavy atom. The first-order valence-corrected chi connectivity index (χ1v) is 4.62. The van der Waals surface area contributed by atoms with Crippen molar-refractivity contribution in [2.75, 3.05) is 0 Å². The fourth-order valence-electron chi connectivity index (χ4n) is 3.21. The Balaban J connectivity index is 2.12. The molecule has 0 spiro atoms. The van der Waals surface area contributed by atoms with Gasteiger partial charge in [-0.15, -0.1) is 0 Å². The van der Waals surface area contributed by atoms with E-state index in [1.54, 1.807) is 0 Å². The van der Waals surface area contributed by atoms with Crippen molar-refractivity contribution in [1.29, 1.82) is 0 Å². The zero-order valence-electron chi connectivity index (χ0n) is 7.41. The molecule has 0 heteroatoms. The van der Waals surface area contributed by atoms with Crippen LogP contribution >= 0.6 is 0 Å². The molecule has 0 aromatic heterocycles. The highest BCUT2D eigenvalue weighted by molar-refractivity contribution is 5.13. The van der Waals surface area contributed by atoms with Gasteiger partial charge in [-0.25, -0.2) is 0 Å². The molecule has 0 aromatic carbocycles. The van der Waals surface area contributed by atoms with Crippen molar-refractivity contribution in [3.63, 3.8) is 0 Å². The Hall–Kier alpha value is 0. The first-order chi connectivity index (χ1) is 4.62. The van der Waals surface area contributed by atoms with E-state index >= 15 is 0 Å². The van der Waals surface area contributed by atoms with Crippen LogP contribution in [0.3, 0.4) is 0 Å². The van der Waals surface area contributed by atoms with E-state index in [1.165, 1.54) is 25.7 Å². The third-order valence-corrected chi connectivity index (χ3v) is 4.67. The van der Waals surface area contributed by atoms with Gasteiger partial charge in [0, 0.05) is 0 Å². The molecule has 2 aliphatic rings. The molecule has 0 nitrogen and oxygen atoms in total. The number of hydrogen-bond acceptors (Lipinski definition) is 0. The van der Waals surface area contributed by atoms with E-state index in [9.17, 15) is 0 Å². The van der Waals surface area contributed by atoms with Crippen molar-refractivity contribution < 1.29 is 0 Å². The zero-order valence-corrected chi connectivity index (χ0v) is 7.41. The van der Waals surface area contributed by atoms with Crippen LogP contribution in [0.15, 0.2) is 0 Å². The molecule has 2 rings (SSSR count). The third kappa shape index (κ3) is 0.466. The summed E-state index contributed by atoms with van der Waals surface area (Å²) >= 11 is 0. The summed E-state index contributed by atoms with van der Waals surface area (Å²) in [5, 5.41) is 0. The largest absolute Gasteiger partial charge is 0.0651 e. The van der Waals surface area contributed by atoms with Crippen LogP contribution in [0.2, 0.25) is 0 Å². The Labute approximate surface area is 64.0 Å². The summed E-state index contributed by atoms with van der Waals surface area (Å²) in [4.78, 5) is 0. The average molecular weight is 138 g/mol. The molecule has 0 amide bonds. The Kier molecular flexibility index (Phi) is 1.07. The second-order valence-electron chi connectivity index (χ2n) is 4.79. The second-order valence-corrected chi connectivity index (χ2v) is 4.79. The monoisotopic (exact) mass is 138 g/mol. The lowest BCUT2D eigenvalue weighted by Crippen LogP contribution is -2.62. The van der Waals surface area contributed by atoms with Crippen molar-refractivity contribution in [3.8, 4) is 0 Å². The highest BCUT2D eigenvalue weighted by Crippen LogP contribution is 2.73. The van der Waals surface area contributed by atoms with E-state index in [4.69, 9.17) is 0 Å². The lowest BCUT2D eigenvalue weighted by atomic mass is 9.34. The summed E-state index contributed by atoms with van der Waals surface area (Å²) in [6.45, 7) is 7.31. The molecular weight excluding hydrogens is 120 g/mol. The van der Waals surface area contributed by atoms with Crippen molar-refractivity contribution in [3.05, 3.63) is 0 Å². The predicted molar refractivity (Wildman–Crippen MR) is 43.8 cm³/mol. The molecule has 3 atom stereocenters. The van der Waals surface area contributed by atoms with Crippen molar-refractivity contribution in [2.24, 2.45) is 16.7 Å². The summed E-state index contributed by atoms with van der Waals surface area (Å²) < 4.78 is 0. The lowest BCUT2D eigenvalue weighted by Gasteiger charge is -2.70. The van der Waals surface area contributed by atoms with E-state index in [2.05, 4.69) is 20.8 Å². The van der Waals surface area contributed by atoms with Gasteiger partial charge in [-0.2, -0.15) is 0 Å². The van der Waals surface area contributed by atoms with E-state index < -0.39 is 0 Å². The standard InChI is InChI=1S/C10H18/c1-4-8-7-9(2)5-6-10(8,9)3/h8H,4-7H2,1-3H3. The third-order valence-electron chi connectivity index (χ3n) is 4.67. The summed E-state index contributed by atoms with van der Waals surface area (Å²) in [5.41, 5.74) is 1.54. The van der Waals surface area contributed by atoms with Gasteiger partial charge in [-0.05, 0) is 36.0 Å². The molecule has 58 valence electrons. The van der Waals surface area contributed by atoms with Crippen LogP contribution in [0, 0.1) is 16.7 Å². The molecule has 3 unspecified atom stereocenters. The summed E-state index contributed by atoms with van der Waals surface area (Å²) in [6.07, 6.45) is 5.92. The van der Waals surface area contributed by atoms with Gasteiger partial charge < -0.3 is 0 Å². The smallest absolute Gasteiger partial charge is 0.0243 e. The fourth-order valence-corrected chi connectivity index (χ4v) is 3.21. The van der Waals surface area contributed by atoms with E-state index in [-0.39, 0.29) is 0 Å². The van der Waals surface area contributed by atoms with Gasteiger partial charge in [0.15, 0.2) is 0 Å². The number of fused-ring (bicyclic) bond motifs is 1. The number of rotatable bonds is 1. The molecule has 0 saturated heterocycles. The van der Waals surface area contributed by atoms with Crippen LogP contribution in [0.4, 0.5) is 0 Å². The minimum absolute atomic E-state index is 0.766. The molecule has 0 aromatic rings. The van der Waals surface area contributed by atoms with E-state index in [0.29, 0.717) is 0 Å². The summed E-state index contributed by atoms with van der Waals surface area (Å²) in [7, 11) is 0. The molecule has 0 heterocycles. The van der Waals surface area contributed by atoms with Crippen LogP contribution in [-0.4, -0.2) is 0 Å².